The van der Waals surface area contributed by atoms with Crippen LogP contribution in [-0.2, 0) is 23.1 Å². The number of quaternary nitrogens is 1. The van der Waals surface area contributed by atoms with Crippen molar-refractivity contribution in [2.75, 3.05) is 47.5 Å². The second-order valence-corrected chi connectivity index (χ2v) is 11.7. The summed E-state index contributed by atoms with van der Waals surface area (Å²) >= 11 is 0. The highest BCUT2D eigenvalue weighted by Gasteiger charge is 2.24. The third-order valence-corrected chi connectivity index (χ3v) is 6.51. The third-order valence-electron chi connectivity index (χ3n) is 5.53. The monoisotopic (exact) mass is 522 g/mol. The van der Waals surface area contributed by atoms with Crippen molar-refractivity contribution < 1.29 is 37.6 Å². The first-order chi connectivity index (χ1) is 16.6. The molecule has 0 rings (SSSR count). The molecule has 208 valence electrons. The fourth-order valence-corrected chi connectivity index (χ4v) is 4.04. The Morgan fingerprint density at radius 1 is 0.857 bits per heavy atom. The minimum atomic E-state index is -4.24. The Morgan fingerprint density at radius 2 is 1.40 bits per heavy atom. The molecule has 0 aromatic rings. The molecule has 2 atom stereocenters. The first-order valence-electron chi connectivity index (χ1n) is 13.5. The second kappa shape index (κ2) is 21.3. The maximum absolute atomic E-state index is 11.8. The Hall–Kier alpha value is -0.760. The van der Waals surface area contributed by atoms with Crippen molar-refractivity contribution in [1.29, 1.82) is 0 Å². The standard InChI is InChI=1S/C26H52NO7P/c1-5-6-7-8-9-10-11-12-13-14-15-16-17-18-19-20-26(29)32-23-25(28)24-34-35(30,31)33-22-21-27(2,3)4/h10-11,25,28H,5-9,12-24H2,1-4H3/p+1/b11-10-/t25-/m1/s1. The first kappa shape index (κ1) is 34.2. The van der Waals surface area contributed by atoms with E-state index in [1.807, 2.05) is 21.1 Å². The summed E-state index contributed by atoms with van der Waals surface area (Å²) < 4.78 is 27.0. The summed E-state index contributed by atoms with van der Waals surface area (Å²) in [6.07, 6.45) is 19.2. The third kappa shape index (κ3) is 26.1. The predicted molar refractivity (Wildman–Crippen MR) is 141 cm³/mol. The zero-order valence-electron chi connectivity index (χ0n) is 22.8. The van der Waals surface area contributed by atoms with Crippen LogP contribution in [0.2, 0.25) is 0 Å². The number of phosphoric ester groups is 1. The molecule has 0 aromatic heterocycles. The molecule has 0 amide bonds. The largest absolute Gasteiger partial charge is 0.472 e. The van der Waals surface area contributed by atoms with Crippen LogP contribution in [0, 0.1) is 0 Å². The minimum absolute atomic E-state index is 0.0545. The maximum Gasteiger partial charge on any atom is 0.472 e. The zero-order valence-corrected chi connectivity index (χ0v) is 23.7. The SMILES string of the molecule is CCCCCC/C=C\CCCCCCCCCC(=O)OC[C@@H](O)COP(=O)(O)OCC[N+](C)(C)C. The fourth-order valence-electron chi connectivity index (χ4n) is 3.30. The molecule has 0 radical (unpaired) electrons. The minimum Gasteiger partial charge on any atom is -0.463 e. The number of likely N-dealkylation sites (N-methyl/N-ethyl adjacent to an activating group) is 1. The molecular weight excluding hydrogens is 469 g/mol. The van der Waals surface area contributed by atoms with Gasteiger partial charge in [0, 0.05) is 6.42 Å². The molecule has 0 spiro atoms. The second-order valence-electron chi connectivity index (χ2n) is 10.3. The van der Waals surface area contributed by atoms with Crippen LogP contribution in [0.4, 0.5) is 0 Å². The summed E-state index contributed by atoms with van der Waals surface area (Å²) in [6, 6.07) is 0. The topological polar surface area (TPSA) is 102 Å². The number of carbonyl (C=O) groups excluding carboxylic acids is 1. The van der Waals surface area contributed by atoms with E-state index in [0.717, 1.165) is 19.3 Å². The van der Waals surface area contributed by atoms with Crippen molar-refractivity contribution in [3.8, 4) is 0 Å². The van der Waals surface area contributed by atoms with Gasteiger partial charge in [-0.2, -0.15) is 0 Å². The van der Waals surface area contributed by atoms with Crippen LogP contribution in [0.25, 0.3) is 0 Å². The molecule has 0 saturated heterocycles. The van der Waals surface area contributed by atoms with Gasteiger partial charge >= 0.3 is 13.8 Å². The lowest BCUT2D eigenvalue weighted by Gasteiger charge is -2.24. The quantitative estimate of drug-likeness (QED) is 0.0546. The van der Waals surface area contributed by atoms with Crippen LogP contribution in [-0.4, -0.2) is 74.1 Å². The predicted octanol–water partition coefficient (Wildman–Crippen LogP) is 5.77. The normalized spacial score (nSPS) is 14.8. The Kier molecular flexibility index (Phi) is 20.9. The molecule has 0 aliphatic heterocycles. The van der Waals surface area contributed by atoms with Gasteiger partial charge in [-0.05, 0) is 32.1 Å². The van der Waals surface area contributed by atoms with Crippen LogP contribution < -0.4 is 0 Å². The Bertz CT molecular complexity index is 593. The Balaban J connectivity index is 3.58. The summed E-state index contributed by atoms with van der Waals surface area (Å²) in [5, 5.41) is 9.82. The van der Waals surface area contributed by atoms with Crippen LogP contribution in [0.5, 0.6) is 0 Å². The molecule has 8 nitrogen and oxygen atoms in total. The van der Waals surface area contributed by atoms with E-state index in [4.69, 9.17) is 13.8 Å². The van der Waals surface area contributed by atoms with Crippen LogP contribution in [0.3, 0.4) is 0 Å². The molecule has 0 fully saturated rings. The molecule has 2 N–H and O–H groups in total. The number of hydrogen-bond donors (Lipinski definition) is 2. The lowest BCUT2D eigenvalue weighted by Crippen LogP contribution is -2.37. The van der Waals surface area contributed by atoms with E-state index in [0.29, 0.717) is 17.4 Å². The molecular formula is C26H53NO7P+. The summed E-state index contributed by atoms with van der Waals surface area (Å²) in [5.41, 5.74) is 0. The number of aliphatic hydroxyl groups excluding tert-OH is 1. The number of ether oxygens (including phenoxy) is 1. The summed E-state index contributed by atoms with van der Waals surface area (Å²) in [7, 11) is 1.56. The highest BCUT2D eigenvalue weighted by molar-refractivity contribution is 7.47. The smallest absolute Gasteiger partial charge is 0.463 e. The van der Waals surface area contributed by atoms with Gasteiger partial charge in [0.05, 0.1) is 27.7 Å². The maximum atomic E-state index is 11.8. The van der Waals surface area contributed by atoms with Gasteiger partial charge in [-0.3, -0.25) is 13.8 Å². The van der Waals surface area contributed by atoms with Gasteiger partial charge in [0.15, 0.2) is 0 Å². The number of rotatable bonds is 24. The van der Waals surface area contributed by atoms with E-state index in [-0.39, 0.29) is 19.2 Å². The van der Waals surface area contributed by atoms with Crippen LogP contribution in [0.1, 0.15) is 96.8 Å². The van der Waals surface area contributed by atoms with Gasteiger partial charge in [-0.15, -0.1) is 0 Å². The molecule has 0 heterocycles. The number of hydrogen-bond acceptors (Lipinski definition) is 6. The average Bonchev–Trinajstić information content (AvgIpc) is 2.78. The van der Waals surface area contributed by atoms with Crippen molar-refractivity contribution >= 4 is 13.8 Å². The summed E-state index contributed by atoms with van der Waals surface area (Å²) in [6.45, 7) is 2.11. The molecule has 0 aliphatic carbocycles. The van der Waals surface area contributed by atoms with Gasteiger partial charge in [0.2, 0.25) is 0 Å². The highest BCUT2D eigenvalue weighted by atomic mass is 31.2. The fraction of sp³-hybridized carbons (Fsp3) is 0.885. The molecule has 0 saturated carbocycles. The molecule has 1 unspecified atom stereocenters. The lowest BCUT2D eigenvalue weighted by molar-refractivity contribution is -0.870. The molecule has 35 heavy (non-hydrogen) atoms. The van der Waals surface area contributed by atoms with E-state index < -0.39 is 20.5 Å². The van der Waals surface area contributed by atoms with Crippen molar-refractivity contribution in [3.05, 3.63) is 12.2 Å². The van der Waals surface area contributed by atoms with E-state index in [9.17, 15) is 19.4 Å². The van der Waals surface area contributed by atoms with Gasteiger partial charge in [-0.25, -0.2) is 4.57 Å². The first-order valence-corrected chi connectivity index (χ1v) is 15.0. The molecule has 0 aliphatic rings. The van der Waals surface area contributed by atoms with Crippen LogP contribution in [0.15, 0.2) is 12.2 Å². The van der Waals surface area contributed by atoms with E-state index >= 15 is 0 Å². The van der Waals surface area contributed by atoms with Crippen molar-refractivity contribution in [2.24, 2.45) is 0 Å². The van der Waals surface area contributed by atoms with Crippen molar-refractivity contribution in [1.82, 2.24) is 0 Å². The number of aliphatic hydroxyl groups is 1. The summed E-state index contributed by atoms with van der Waals surface area (Å²) in [4.78, 5) is 21.4. The number of nitrogens with zero attached hydrogens (tertiary/aromatic N) is 1. The molecule has 0 bridgehead atoms. The van der Waals surface area contributed by atoms with Gasteiger partial charge in [-0.1, -0.05) is 70.4 Å². The Morgan fingerprint density at radius 3 is 1.97 bits per heavy atom. The number of phosphoric acid groups is 1. The highest BCUT2D eigenvalue weighted by Crippen LogP contribution is 2.43. The van der Waals surface area contributed by atoms with Gasteiger partial charge < -0.3 is 19.2 Å². The zero-order chi connectivity index (χ0) is 26.4. The van der Waals surface area contributed by atoms with E-state index in [1.54, 1.807) is 0 Å². The molecule has 9 heteroatoms. The number of allylic oxidation sites excluding steroid dienone is 2. The number of unbranched alkanes of at least 4 members (excludes halogenated alkanes) is 11. The molecule has 0 aromatic carbocycles. The van der Waals surface area contributed by atoms with Gasteiger partial charge in [0.25, 0.3) is 0 Å². The van der Waals surface area contributed by atoms with Crippen molar-refractivity contribution in [3.63, 3.8) is 0 Å². The van der Waals surface area contributed by atoms with Crippen molar-refractivity contribution in [2.45, 2.75) is 103 Å². The van der Waals surface area contributed by atoms with E-state index in [2.05, 4.69) is 19.1 Å². The number of esters is 1. The summed E-state index contributed by atoms with van der Waals surface area (Å²) in [5.74, 6) is -0.378. The number of carbonyl (C=O) groups is 1. The average molecular weight is 523 g/mol. The lowest BCUT2D eigenvalue weighted by atomic mass is 10.1. The van der Waals surface area contributed by atoms with E-state index in [1.165, 1.54) is 64.2 Å². The Labute approximate surface area is 214 Å². The van der Waals surface area contributed by atoms with Crippen LogP contribution >= 0.6 is 7.82 Å². The van der Waals surface area contributed by atoms with Gasteiger partial charge in [0.1, 0.15) is 25.9 Å².